The first-order valence-corrected chi connectivity index (χ1v) is 6.78. The second kappa shape index (κ2) is 6.73. The number of urea groups is 1. The number of carboxylic acid groups (broad SMARTS) is 1. The van der Waals surface area contributed by atoms with Gasteiger partial charge in [0.05, 0.1) is 11.6 Å². The predicted molar refractivity (Wildman–Crippen MR) is 76.1 cm³/mol. The Balaban J connectivity index is 1.87. The molecule has 2 rings (SSSR count). The predicted octanol–water partition coefficient (Wildman–Crippen LogP) is 1.71. The van der Waals surface area contributed by atoms with E-state index in [1.807, 2.05) is 0 Å². The van der Waals surface area contributed by atoms with Gasteiger partial charge in [-0.3, -0.25) is 9.69 Å². The Bertz CT molecular complexity index is 547. The molecule has 0 bridgehead atoms. The van der Waals surface area contributed by atoms with Gasteiger partial charge < -0.3 is 15.3 Å². The zero-order chi connectivity index (χ0) is 15.4. The first-order valence-electron chi connectivity index (χ1n) is 6.41. The number of aliphatic carboxylic acids is 1. The van der Waals surface area contributed by atoms with Gasteiger partial charge >= 0.3 is 12.0 Å². The quantitative estimate of drug-likeness (QED) is 0.890. The van der Waals surface area contributed by atoms with E-state index in [1.54, 1.807) is 9.80 Å². The van der Waals surface area contributed by atoms with Gasteiger partial charge in [-0.15, -0.1) is 0 Å². The van der Waals surface area contributed by atoms with Crippen molar-refractivity contribution >= 4 is 29.3 Å². The summed E-state index contributed by atoms with van der Waals surface area (Å²) in [5.74, 6) is -1.43. The summed E-state index contributed by atoms with van der Waals surface area (Å²) >= 11 is 5.65. The number of benzene rings is 1. The summed E-state index contributed by atoms with van der Waals surface area (Å²) in [7, 11) is 0. The first kappa shape index (κ1) is 15.5. The van der Waals surface area contributed by atoms with Crippen molar-refractivity contribution in [2.24, 2.45) is 0 Å². The van der Waals surface area contributed by atoms with Crippen LogP contribution in [-0.4, -0.2) is 59.6 Å². The summed E-state index contributed by atoms with van der Waals surface area (Å²) in [5, 5.41) is 11.3. The number of nitrogens with one attached hydrogen (secondary N) is 1. The summed E-state index contributed by atoms with van der Waals surface area (Å²) in [6.07, 6.45) is 0. The molecule has 114 valence electrons. The van der Waals surface area contributed by atoms with Crippen molar-refractivity contribution in [3.05, 3.63) is 29.0 Å². The van der Waals surface area contributed by atoms with E-state index in [9.17, 15) is 14.0 Å². The third kappa shape index (κ3) is 4.30. The molecule has 1 heterocycles. The van der Waals surface area contributed by atoms with Gasteiger partial charge in [-0.1, -0.05) is 11.6 Å². The summed E-state index contributed by atoms with van der Waals surface area (Å²) in [5.41, 5.74) is 0.416. The van der Waals surface area contributed by atoms with Crippen molar-refractivity contribution < 1.29 is 19.1 Å². The van der Waals surface area contributed by atoms with Gasteiger partial charge in [0.25, 0.3) is 0 Å². The normalized spacial score (nSPS) is 15.8. The highest BCUT2D eigenvalue weighted by molar-refractivity contribution is 6.31. The summed E-state index contributed by atoms with van der Waals surface area (Å²) in [6, 6.07) is 3.64. The van der Waals surface area contributed by atoms with Gasteiger partial charge in [0.1, 0.15) is 5.82 Å². The second-order valence-electron chi connectivity index (χ2n) is 4.72. The third-order valence-corrected chi connectivity index (χ3v) is 3.48. The van der Waals surface area contributed by atoms with E-state index in [1.165, 1.54) is 18.2 Å². The monoisotopic (exact) mass is 315 g/mol. The molecule has 21 heavy (non-hydrogen) atoms. The minimum absolute atomic E-state index is 0.0248. The molecular weight excluding hydrogens is 301 g/mol. The number of carboxylic acids is 1. The fraction of sp³-hybridized carbons (Fsp3) is 0.385. The largest absolute Gasteiger partial charge is 0.480 e. The highest BCUT2D eigenvalue weighted by atomic mass is 35.5. The van der Waals surface area contributed by atoms with Crippen LogP contribution in [0.1, 0.15) is 0 Å². The molecule has 8 heteroatoms. The molecular formula is C13H15ClFN3O3. The molecule has 1 aromatic carbocycles. The summed E-state index contributed by atoms with van der Waals surface area (Å²) in [6.45, 7) is 1.86. The van der Waals surface area contributed by atoms with Gasteiger partial charge in [-0.25, -0.2) is 9.18 Å². The zero-order valence-electron chi connectivity index (χ0n) is 11.2. The average molecular weight is 316 g/mol. The van der Waals surface area contributed by atoms with Gasteiger partial charge in [0, 0.05) is 31.9 Å². The Labute approximate surface area is 126 Å². The lowest BCUT2D eigenvalue weighted by Crippen LogP contribution is -2.51. The molecule has 6 nitrogen and oxygen atoms in total. The molecule has 0 aliphatic carbocycles. The van der Waals surface area contributed by atoms with Gasteiger partial charge in [0.2, 0.25) is 0 Å². The molecule has 1 aliphatic rings. The van der Waals surface area contributed by atoms with E-state index in [0.29, 0.717) is 31.9 Å². The Morgan fingerprint density at radius 1 is 1.29 bits per heavy atom. The van der Waals surface area contributed by atoms with E-state index < -0.39 is 11.8 Å². The van der Waals surface area contributed by atoms with Crippen molar-refractivity contribution in [3.63, 3.8) is 0 Å². The van der Waals surface area contributed by atoms with Crippen molar-refractivity contribution in [1.82, 2.24) is 9.80 Å². The number of piperazine rings is 1. The molecule has 0 aromatic heterocycles. The minimum Gasteiger partial charge on any atom is -0.480 e. The van der Waals surface area contributed by atoms with Crippen LogP contribution in [0.15, 0.2) is 18.2 Å². The first-order chi connectivity index (χ1) is 9.95. The molecule has 2 N–H and O–H groups in total. The van der Waals surface area contributed by atoms with Crippen LogP contribution >= 0.6 is 11.6 Å². The van der Waals surface area contributed by atoms with Crippen molar-refractivity contribution in [2.75, 3.05) is 38.0 Å². The van der Waals surface area contributed by atoms with Crippen LogP contribution in [0, 0.1) is 5.82 Å². The molecule has 1 aromatic rings. The topological polar surface area (TPSA) is 72.9 Å². The average Bonchev–Trinajstić information content (AvgIpc) is 2.43. The number of amides is 2. The molecule has 0 spiro atoms. The molecule has 0 atom stereocenters. The molecule has 1 saturated heterocycles. The van der Waals surface area contributed by atoms with E-state index in [4.69, 9.17) is 16.7 Å². The second-order valence-corrected chi connectivity index (χ2v) is 5.12. The maximum Gasteiger partial charge on any atom is 0.321 e. The fourth-order valence-electron chi connectivity index (χ4n) is 2.08. The lowest BCUT2D eigenvalue weighted by Gasteiger charge is -2.33. The maximum absolute atomic E-state index is 13.0. The van der Waals surface area contributed by atoms with E-state index in [-0.39, 0.29) is 17.6 Å². The molecule has 2 amide bonds. The highest BCUT2D eigenvalue weighted by Gasteiger charge is 2.22. The van der Waals surface area contributed by atoms with Gasteiger partial charge in [-0.05, 0) is 18.2 Å². The summed E-state index contributed by atoms with van der Waals surface area (Å²) < 4.78 is 13.0. The molecule has 1 fully saturated rings. The number of halogens is 2. The standard InChI is InChI=1S/C13H15ClFN3O3/c14-10-7-9(1-2-11(10)15)16-13(21)18-5-3-17(4-6-18)8-12(19)20/h1-2,7H,3-6,8H2,(H,16,21)(H,19,20). The van der Waals surface area contributed by atoms with Gasteiger partial charge in [-0.2, -0.15) is 0 Å². The van der Waals surface area contributed by atoms with E-state index in [0.717, 1.165) is 0 Å². The number of carbonyl (C=O) groups excluding carboxylic acids is 1. The Morgan fingerprint density at radius 2 is 1.95 bits per heavy atom. The number of carbonyl (C=O) groups is 2. The lowest BCUT2D eigenvalue weighted by molar-refractivity contribution is -0.138. The summed E-state index contributed by atoms with van der Waals surface area (Å²) in [4.78, 5) is 26.0. The Morgan fingerprint density at radius 3 is 2.52 bits per heavy atom. The Hall–Kier alpha value is -1.86. The van der Waals surface area contributed by atoms with Crippen LogP contribution in [0.3, 0.4) is 0 Å². The number of nitrogens with zero attached hydrogens (tertiary/aromatic N) is 2. The van der Waals surface area contributed by atoms with Crippen LogP contribution in [0.4, 0.5) is 14.9 Å². The smallest absolute Gasteiger partial charge is 0.321 e. The third-order valence-electron chi connectivity index (χ3n) is 3.19. The number of hydrogen-bond acceptors (Lipinski definition) is 3. The SMILES string of the molecule is O=C(O)CN1CCN(C(=O)Nc2ccc(F)c(Cl)c2)CC1. The fourth-order valence-corrected chi connectivity index (χ4v) is 2.26. The highest BCUT2D eigenvalue weighted by Crippen LogP contribution is 2.19. The lowest BCUT2D eigenvalue weighted by atomic mass is 10.3. The maximum atomic E-state index is 13.0. The van der Waals surface area contributed by atoms with Crippen molar-refractivity contribution in [3.8, 4) is 0 Å². The van der Waals surface area contributed by atoms with Crippen LogP contribution < -0.4 is 5.32 Å². The van der Waals surface area contributed by atoms with Crippen LogP contribution in [-0.2, 0) is 4.79 Å². The minimum atomic E-state index is -0.881. The Kier molecular flexibility index (Phi) is 4.98. The van der Waals surface area contributed by atoms with E-state index >= 15 is 0 Å². The van der Waals surface area contributed by atoms with Crippen molar-refractivity contribution in [1.29, 1.82) is 0 Å². The van der Waals surface area contributed by atoms with Crippen LogP contribution in [0.25, 0.3) is 0 Å². The molecule has 0 unspecified atom stereocenters. The number of hydrogen-bond donors (Lipinski definition) is 2. The number of rotatable bonds is 3. The number of anilines is 1. The van der Waals surface area contributed by atoms with Crippen LogP contribution in [0.5, 0.6) is 0 Å². The van der Waals surface area contributed by atoms with Crippen LogP contribution in [0.2, 0.25) is 5.02 Å². The molecule has 0 radical (unpaired) electrons. The molecule has 0 saturated carbocycles. The molecule has 1 aliphatic heterocycles. The van der Waals surface area contributed by atoms with Crippen molar-refractivity contribution in [2.45, 2.75) is 0 Å². The van der Waals surface area contributed by atoms with E-state index in [2.05, 4.69) is 5.32 Å². The van der Waals surface area contributed by atoms with Gasteiger partial charge in [0.15, 0.2) is 0 Å². The zero-order valence-corrected chi connectivity index (χ0v) is 11.9.